The lowest BCUT2D eigenvalue weighted by atomic mass is 10.1. The fraction of sp³-hybridized carbons (Fsp3) is 0.375. The molecule has 4 rings (SSSR count). The fourth-order valence-electron chi connectivity index (χ4n) is 3.09. The van der Waals surface area contributed by atoms with E-state index in [4.69, 9.17) is 4.74 Å². The molecule has 0 aliphatic carbocycles. The van der Waals surface area contributed by atoms with Gasteiger partial charge in [0.05, 0.1) is 12.4 Å². The number of piperidine rings is 1. The van der Waals surface area contributed by atoms with Crippen molar-refractivity contribution < 1.29 is 4.74 Å². The van der Waals surface area contributed by atoms with Crippen molar-refractivity contribution in [1.82, 2.24) is 29.3 Å². The number of aromatic amines is 1. The van der Waals surface area contributed by atoms with Gasteiger partial charge in [-0.2, -0.15) is 4.68 Å². The number of aromatic nitrogens is 6. The van der Waals surface area contributed by atoms with Crippen molar-refractivity contribution >= 4 is 5.82 Å². The lowest BCUT2D eigenvalue weighted by molar-refractivity contribution is 0.0891. The molecule has 0 radical (unpaired) electrons. The first-order chi connectivity index (χ1) is 12.3. The van der Waals surface area contributed by atoms with Crippen LogP contribution in [0.1, 0.15) is 12.8 Å². The first kappa shape index (κ1) is 15.6. The highest BCUT2D eigenvalue weighted by Crippen LogP contribution is 2.20. The molecule has 1 fully saturated rings. The fourth-order valence-corrected chi connectivity index (χ4v) is 3.09. The minimum absolute atomic E-state index is 0.198. The van der Waals surface area contributed by atoms with E-state index in [0.717, 1.165) is 31.7 Å². The third kappa shape index (κ3) is 2.93. The van der Waals surface area contributed by atoms with Gasteiger partial charge in [0.15, 0.2) is 5.82 Å². The summed E-state index contributed by atoms with van der Waals surface area (Å²) >= 11 is 0. The second-order valence-corrected chi connectivity index (χ2v) is 5.95. The lowest BCUT2D eigenvalue weighted by Crippen LogP contribution is -2.39. The molecule has 25 heavy (non-hydrogen) atoms. The number of anilines is 1. The number of hydrogen-bond acceptors (Lipinski definition) is 6. The number of imidazole rings is 1. The van der Waals surface area contributed by atoms with Gasteiger partial charge < -0.3 is 9.64 Å². The molecule has 0 bridgehead atoms. The third-order valence-corrected chi connectivity index (χ3v) is 4.44. The molecule has 0 amide bonds. The van der Waals surface area contributed by atoms with Gasteiger partial charge >= 0.3 is 0 Å². The van der Waals surface area contributed by atoms with E-state index in [1.54, 1.807) is 36.6 Å². The van der Waals surface area contributed by atoms with Gasteiger partial charge in [0, 0.05) is 44.9 Å². The predicted molar refractivity (Wildman–Crippen MR) is 91.3 cm³/mol. The first-order valence-electron chi connectivity index (χ1n) is 8.15. The molecule has 1 unspecified atom stereocenters. The van der Waals surface area contributed by atoms with E-state index in [1.807, 2.05) is 6.07 Å². The quantitative estimate of drug-likeness (QED) is 0.753. The average Bonchev–Trinajstić information content (AvgIpc) is 3.31. The standard InChI is InChI=1S/C16H19N7O2/c1-25-12-3-2-5-21(9-12)14-7-15(19-10-18-14)23-16(24)13(8-20-23)22-6-4-17-11-22/h4,6-8,10-12,20H,2-3,5,9H2,1H3. The highest BCUT2D eigenvalue weighted by molar-refractivity contribution is 5.44. The highest BCUT2D eigenvalue weighted by atomic mass is 16.5. The summed E-state index contributed by atoms with van der Waals surface area (Å²) < 4.78 is 8.53. The maximum absolute atomic E-state index is 12.6. The maximum atomic E-state index is 12.6. The van der Waals surface area contributed by atoms with Crippen molar-refractivity contribution in [3.05, 3.63) is 47.7 Å². The summed E-state index contributed by atoms with van der Waals surface area (Å²) in [5.74, 6) is 1.29. The lowest BCUT2D eigenvalue weighted by Gasteiger charge is -2.32. The van der Waals surface area contributed by atoms with E-state index >= 15 is 0 Å². The van der Waals surface area contributed by atoms with Crippen molar-refractivity contribution in [3.63, 3.8) is 0 Å². The van der Waals surface area contributed by atoms with Crippen LogP contribution in [0.4, 0.5) is 5.82 Å². The normalized spacial score (nSPS) is 17.8. The molecule has 1 atom stereocenters. The predicted octanol–water partition coefficient (Wildman–Crippen LogP) is 0.756. The van der Waals surface area contributed by atoms with E-state index in [0.29, 0.717) is 11.5 Å². The second kappa shape index (κ2) is 6.52. The molecular weight excluding hydrogens is 322 g/mol. The summed E-state index contributed by atoms with van der Waals surface area (Å²) in [4.78, 5) is 27.4. The molecule has 3 aromatic rings. The Morgan fingerprint density at radius 1 is 1.32 bits per heavy atom. The molecule has 9 nitrogen and oxygen atoms in total. The van der Waals surface area contributed by atoms with E-state index in [-0.39, 0.29) is 11.7 Å². The average molecular weight is 341 g/mol. The third-order valence-electron chi connectivity index (χ3n) is 4.44. The molecule has 0 aromatic carbocycles. The van der Waals surface area contributed by atoms with Gasteiger partial charge in [0.1, 0.15) is 17.8 Å². The smallest absolute Gasteiger partial charge is 0.296 e. The number of nitrogens with zero attached hydrogens (tertiary/aromatic N) is 6. The summed E-state index contributed by atoms with van der Waals surface area (Å²) in [6, 6.07) is 1.81. The molecule has 1 aliphatic heterocycles. The summed E-state index contributed by atoms with van der Waals surface area (Å²) in [5.41, 5.74) is 0.283. The molecular formula is C16H19N7O2. The molecule has 130 valence electrons. The largest absolute Gasteiger partial charge is 0.380 e. The minimum atomic E-state index is -0.198. The van der Waals surface area contributed by atoms with Gasteiger partial charge in [-0.15, -0.1) is 0 Å². The van der Waals surface area contributed by atoms with Crippen molar-refractivity contribution in [2.75, 3.05) is 25.1 Å². The molecule has 1 N–H and O–H groups in total. The van der Waals surface area contributed by atoms with Gasteiger partial charge in [-0.3, -0.25) is 14.5 Å². The molecule has 4 heterocycles. The summed E-state index contributed by atoms with van der Waals surface area (Å²) in [6.07, 6.45) is 10.3. The van der Waals surface area contributed by atoms with E-state index in [2.05, 4.69) is 25.0 Å². The zero-order valence-electron chi connectivity index (χ0n) is 13.9. The molecule has 1 saturated heterocycles. The van der Waals surface area contributed by atoms with E-state index < -0.39 is 0 Å². The van der Waals surface area contributed by atoms with Gasteiger partial charge in [-0.1, -0.05) is 0 Å². The zero-order chi connectivity index (χ0) is 17.2. The maximum Gasteiger partial charge on any atom is 0.296 e. The Morgan fingerprint density at radius 2 is 2.20 bits per heavy atom. The van der Waals surface area contributed by atoms with Crippen molar-refractivity contribution in [2.45, 2.75) is 18.9 Å². The van der Waals surface area contributed by atoms with E-state index in [1.165, 1.54) is 11.0 Å². The molecule has 3 aromatic heterocycles. The highest BCUT2D eigenvalue weighted by Gasteiger charge is 2.21. The first-order valence-corrected chi connectivity index (χ1v) is 8.15. The summed E-state index contributed by atoms with van der Waals surface area (Å²) in [6.45, 7) is 1.70. The van der Waals surface area contributed by atoms with Crippen LogP contribution in [-0.4, -0.2) is 55.6 Å². The van der Waals surface area contributed by atoms with Crippen LogP contribution >= 0.6 is 0 Å². The van der Waals surface area contributed by atoms with Crippen LogP contribution in [0, 0.1) is 0 Å². The van der Waals surface area contributed by atoms with Gasteiger partial charge in [-0.05, 0) is 12.8 Å². The van der Waals surface area contributed by atoms with Crippen LogP contribution in [-0.2, 0) is 4.74 Å². The number of ether oxygens (including phenoxy) is 1. The Hall–Kier alpha value is -2.94. The van der Waals surface area contributed by atoms with Crippen LogP contribution in [0.15, 0.2) is 42.1 Å². The van der Waals surface area contributed by atoms with Crippen molar-refractivity contribution in [1.29, 1.82) is 0 Å². The van der Waals surface area contributed by atoms with Crippen LogP contribution < -0.4 is 10.5 Å². The Kier molecular flexibility index (Phi) is 4.06. The molecule has 9 heteroatoms. The van der Waals surface area contributed by atoms with Crippen LogP contribution in [0.5, 0.6) is 0 Å². The number of methoxy groups -OCH3 is 1. The zero-order valence-corrected chi connectivity index (χ0v) is 13.9. The van der Waals surface area contributed by atoms with E-state index in [9.17, 15) is 4.79 Å². The monoisotopic (exact) mass is 341 g/mol. The Balaban J connectivity index is 1.65. The van der Waals surface area contributed by atoms with Gasteiger partial charge in [-0.25, -0.2) is 15.0 Å². The number of rotatable bonds is 4. The van der Waals surface area contributed by atoms with Crippen LogP contribution in [0.2, 0.25) is 0 Å². The minimum Gasteiger partial charge on any atom is -0.380 e. The Labute approximate surface area is 143 Å². The van der Waals surface area contributed by atoms with Gasteiger partial charge in [0.2, 0.25) is 0 Å². The Morgan fingerprint density at radius 3 is 3.00 bits per heavy atom. The SMILES string of the molecule is COC1CCCN(c2cc(-n3[nH]cc(-n4ccnc4)c3=O)ncn2)C1. The second-order valence-electron chi connectivity index (χ2n) is 5.95. The number of H-pyrrole nitrogens is 1. The van der Waals surface area contributed by atoms with Gasteiger partial charge in [0.25, 0.3) is 5.56 Å². The molecule has 0 saturated carbocycles. The van der Waals surface area contributed by atoms with Crippen molar-refractivity contribution in [3.8, 4) is 11.5 Å². The van der Waals surface area contributed by atoms with Crippen LogP contribution in [0.3, 0.4) is 0 Å². The molecule has 1 aliphatic rings. The summed E-state index contributed by atoms with van der Waals surface area (Å²) in [7, 11) is 1.73. The van der Waals surface area contributed by atoms with Crippen molar-refractivity contribution in [2.24, 2.45) is 0 Å². The number of hydrogen-bond donors (Lipinski definition) is 1. The topological polar surface area (TPSA) is 93.9 Å². The number of nitrogens with one attached hydrogen (secondary N) is 1. The van der Waals surface area contributed by atoms with Crippen LogP contribution in [0.25, 0.3) is 11.5 Å². The molecule has 0 spiro atoms. The summed E-state index contributed by atoms with van der Waals surface area (Å²) in [5, 5.41) is 2.95. The Bertz CT molecular complexity index is 899.